The van der Waals surface area contributed by atoms with E-state index in [-0.39, 0.29) is 11.7 Å². The van der Waals surface area contributed by atoms with E-state index >= 15 is 0 Å². The van der Waals surface area contributed by atoms with E-state index < -0.39 is 0 Å². The van der Waals surface area contributed by atoms with Gasteiger partial charge in [0.25, 0.3) is 0 Å². The number of anilines is 1. The smallest absolute Gasteiger partial charge is 0.140 e. The minimum atomic E-state index is -0.178. The first-order valence-electron chi connectivity index (χ1n) is 6.77. The van der Waals surface area contributed by atoms with Crippen molar-refractivity contribution >= 4 is 32.7 Å². The molecule has 1 aromatic heterocycles. The number of hydrogen-bond donors (Lipinski definition) is 0. The van der Waals surface area contributed by atoms with Crippen molar-refractivity contribution in [1.29, 1.82) is 0 Å². The molecule has 0 spiro atoms. The number of para-hydroxylation sites is 1. The topological polar surface area (TPSA) is 38.2 Å². The second kappa shape index (κ2) is 5.30. The van der Waals surface area contributed by atoms with Crippen LogP contribution in [0, 0.1) is 0 Å². The largest absolute Gasteiger partial charge is 0.368 e. The van der Waals surface area contributed by atoms with Gasteiger partial charge < -0.3 is 9.64 Å². The molecule has 1 saturated heterocycles. The summed E-state index contributed by atoms with van der Waals surface area (Å²) in [6.07, 6.45) is 1.82. The highest BCUT2D eigenvalue weighted by atomic mass is 79.9. The maximum absolute atomic E-state index is 6.05. The van der Waals surface area contributed by atoms with Crippen molar-refractivity contribution in [3.05, 3.63) is 30.6 Å². The Morgan fingerprint density at radius 3 is 2.95 bits per heavy atom. The fourth-order valence-electron chi connectivity index (χ4n) is 2.78. The zero-order valence-electron chi connectivity index (χ0n) is 11.7. The number of halogens is 1. The minimum absolute atomic E-state index is 0.174. The summed E-state index contributed by atoms with van der Waals surface area (Å²) < 4.78 is 6.05. The first-order chi connectivity index (χ1) is 9.59. The minimum Gasteiger partial charge on any atom is -0.368 e. The lowest BCUT2D eigenvalue weighted by molar-refractivity contribution is -0.0725. The third-order valence-electron chi connectivity index (χ3n) is 3.47. The van der Waals surface area contributed by atoms with Gasteiger partial charge in [-0.25, -0.2) is 9.97 Å². The third kappa shape index (κ3) is 2.65. The molecule has 0 bridgehead atoms. The number of benzene rings is 1. The number of hydrogen-bond acceptors (Lipinski definition) is 4. The van der Waals surface area contributed by atoms with Gasteiger partial charge in [0.2, 0.25) is 0 Å². The van der Waals surface area contributed by atoms with Gasteiger partial charge in [0.05, 0.1) is 17.2 Å². The standard InChI is InChI=1S/C15H18BrN3O/c1-15(2)9-19(8-11(7-16)20-15)14-12-5-3-4-6-13(12)17-10-18-14/h3-6,10-11H,7-9H2,1-2H3. The van der Waals surface area contributed by atoms with E-state index in [1.165, 1.54) is 0 Å². The monoisotopic (exact) mass is 335 g/mol. The van der Waals surface area contributed by atoms with Crippen LogP contribution in [0.5, 0.6) is 0 Å². The van der Waals surface area contributed by atoms with Crippen molar-refractivity contribution in [2.75, 3.05) is 23.3 Å². The summed E-state index contributed by atoms with van der Waals surface area (Å²) in [6.45, 7) is 5.92. The molecular formula is C15H18BrN3O. The van der Waals surface area contributed by atoms with Crippen LogP contribution < -0.4 is 4.90 Å². The summed E-state index contributed by atoms with van der Waals surface area (Å²) in [5.41, 5.74) is 0.806. The predicted octanol–water partition coefficient (Wildman–Crippen LogP) is 3.01. The lowest BCUT2D eigenvalue weighted by Gasteiger charge is -2.43. The van der Waals surface area contributed by atoms with Gasteiger partial charge in [-0.05, 0) is 26.0 Å². The lowest BCUT2D eigenvalue weighted by Crippen LogP contribution is -2.53. The Morgan fingerprint density at radius 2 is 2.15 bits per heavy atom. The maximum Gasteiger partial charge on any atom is 0.140 e. The molecule has 0 aliphatic carbocycles. The van der Waals surface area contributed by atoms with Crippen LogP contribution in [-0.2, 0) is 4.74 Å². The van der Waals surface area contributed by atoms with Gasteiger partial charge in [-0.2, -0.15) is 0 Å². The maximum atomic E-state index is 6.05. The summed E-state index contributed by atoms with van der Waals surface area (Å²) >= 11 is 3.53. The quantitative estimate of drug-likeness (QED) is 0.791. The van der Waals surface area contributed by atoms with E-state index in [0.29, 0.717) is 0 Å². The molecule has 0 amide bonds. The molecule has 106 valence electrons. The van der Waals surface area contributed by atoms with Crippen LogP contribution in [0.1, 0.15) is 13.8 Å². The van der Waals surface area contributed by atoms with Crippen LogP contribution in [0.3, 0.4) is 0 Å². The molecule has 4 nitrogen and oxygen atoms in total. The number of aromatic nitrogens is 2. The van der Waals surface area contributed by atoms with E-state index in [1.54, 1.807) is 6.33 Å². The Kier molecular flexibility index (Phi) is 3.65. The zero-order chi connectivity index (χ0) is 14.2. The van der Waals surface area contributed by atoms with E-state index in [4.69, 9.17) is 4.74 Å². The molecule has 1 aromatic carbocycles. The number of alkyl halides is 1. The summed E-state index contributed by atoms with van der Waals surface area (Å²) in [5, 5.41) is 1.93. The van der Waals surface area contributed by atoms with Crippen LogP contribution in [0.25, 0.3) is 10.9 Å². The van der Waals surface area contributed by atoms with E-state index in [1.807, 2.05) is 18.2 Å². The van der Waals surface area contributed by atoms with Gasteiger partial charge >= 0.3 is 0 Å². The summed E-state index contributed by atoms with van der Waals surface area (Å²) in [6, 6.07) is 8.14. The average Bonchev–Trinajstić information content (AvgIpc) is 2.45. The molecule has 1 aliphatic heterocycles. The van der Waals surface area contributed by atoms with Crippen molar-refractivity contribution < 1.29 is 4.74 Å². The van der Waals surface area contributed by atoms with Crippen LogP contribution in [-0.4, -0.2) is 40.1 Å². The van der Waals surface area contributed by atoms with E-state index in [9.17, 15) is 0 Å². The third-order valence-corrected chi connectivity index (χ3v) is 4.20. The Morgan fingerprint density at radius 1 is 1.35 bits per heavy atom. The molecule has 2 aromatic rings. The summed E-state index contributed by atoms with van der Waals surface area (Å²) in [7, 11) is 0. The van der Waals surface area contributed by atoms with Gasteiger partial charge in [-0.15, -0.1) is 0 Å². The molecule has 1 fully saturated rings. The first kappa shape index (κ1) is 13.8. The first-order valence-corrected chi connectivity index (χ1v) is 7.90. The van der Waals surface area contributed by atoms with Crippen LogP contribution in [0.15, 0.2) is 30.6 Å². The van der Waals surface area contributed by atoms with E-state index in [0.717, 1.165) is 35.1 Å². The highest BCUT2D eigenvalue weighted by molar-refractivity contribution is 9.09. The fourth-order valence-corrected chi connectivity index (χ4v) is 3.12. The Hall–Kier alpha value is -1.20. The molecule has 1 unspecified atom stereocenters. The van der Waals surface area contributed by atoms with Gasteiger partial charge in [0.1, 0.15) is 12.1 Å². The van der Waals surface area contributed by atoms with Crippen molar-refractivity contribution in [2.24, 2.45) is 0 Å². The second-order valence-corrected chi connectivity index (χ2v) is 6.40. The zero-order valence-corrected chi connectivity index (χ0v) is 13.3. The van der Waals surface area contributed by atoms with Crippen molar-refractivity contribution in [1.82, 2.24) is 9.97 Å². The molecule has 0 N–H and O–H groups in total. The second-order valence-electron chi connectivity index (χ2n) is 5.75. The van der Waals surface area contributed by atoms with Crippen molar-refractivity contribution in [3.8, 4) is 0 Å². The van der Waals surface area contributed by atoms with E-state index in [2.05, 4.69) is 50.7 Å². The molecular weight excluding hydrogens is 318 g/mol. The SMILES string of the molecule is CC1(C)CN(c2ncnc3ccccc23)CC(CBr)O1. The van der Waals surface area contributed by atoms with Crippen molar-refractivity contribution in [3.63, 3.8) is 0 Å². The number of ether oxygens (including phenoxy) is 1. The molecule has 20 heavy (non-hydrogen) atoms. The van der Waals surface area contributed by atoms with Gasteiger partial charge in [-0.1, -0.05) is 28.1 Å². The van der Waals surface area contributed by atoms with Crippen LogP contribution >= 0.6 is 15.9 Å². The highest BCUT2D eigenvalue weighted by Gasteiger charge is 2.34. The predicted molar refractivity (Wildman–Crippen MR) is 84.5 cm³/mol. The number of rotatable bonds is 2. The Balaban J connectivity index is 2.01. The average molecular weight is 336 g/mol. The Bertz CT molecular complexity index is 612. The Labute approximate surface area is 127 Å². The van der Waals surface area contributed by atoms with Gasteiger partial charge in [0.15, 0.2) is 0 Å². The lowest BCUT2D eigenvalue weighted by atomic mass is 10.0. The molecule has 3 rings (SSSR count). The number of fused-ring (bicyclic) bond motifs is 1. The van der Waals surface area contributed by atoms with Gasteiger partial charge in [-0.3, -0.25) is 0 Å². The molecule has 1 atom stereocenters. The highest BCUT2D eigenvalue weighted by Crippen LogP contribution is 2.29. The molecule has 5 heteroatoms. The summed E-state index contributed by atoms with van der Waals surface area (Å²) in [5.74, 6) is 0.998. The van der Waals surface area contributed by atoms with Crippen molar-refractivity contribution in [2.45, 2.75) is 25.6 Å². The molecule has 0 radical (unpaired) electrons. The van der Waals surface area contributed by atoms with Crippen LogP contribution in [0.2, 0.25) is 0 Å². The molecule has 2 heterocycles. The van der Waals surface area contributed by atoms with Gasteiger partial charge in [0, 0.05) is 23.8 Å². The number of morpholine rings is 1. The summed E-state index contributed by atoms with van der Waals surface area (Å²) in [4.78, 5) is 11.1. The van der Waals surface area contributed by atoms with Crippen LogP contribution in [0.4, 0.5) is 5.82 Å². The number of nitrogens with zero attached hydrogens (tertiary/aromatic N) is 3. The molecule has 0 saturated carbocycles. The molecule has 1 aliphatic rings. The normalized spacial score (nSPS) is 22.1. The fraction of sp³-hybridized carbons (Fsp3) is 0.467.